The molecule has 0 saturated heterocycles. The van der Waals surface area contributed by atoms with E-state index < -0.39 is 0 Å². The molecule has 0 aromatic carbocycles. The van der Waals surface area contributed by atoms with Gasteiger partial charge in [0.25, 0.3) is 0 Å². The van der Waals surface area contributed by atoms with E-state index in [0.29, 0.717) is 12.4 Å². The van der Waals surface area contributed by atoms with Crippen LogP contribution in [0.5, 0.6) is 0 Å². The molecule has 0 radical (unpaired) electrons. The predicted molar refractivity (Wildman–Crippen MR) is 75.4 cm³/mol. The normalized spacial score (nSPS) is 12.1. The van der Waals surface area contributed by atoms with Gasteiger partial charge in [-0.3, -0.25) is 14.0 Å². The van der Waals surface area contributed by atoms with Crippen molar-refractivity contribution in [2.24, 2.45) is 0 Å². The standard InChI is InChI=1S/C14H18N4O3/c1-3-21-13(20)8-7-12(19)15-10(2)14-17-16-11-6-4-5-9-18(11)14/h4-6,9-10H,3,7-8H2,1-2H3,(H,15,19). The fourth-order valence-corrected chi connectivity index (χ4v) is 1.98. The van der Waals surface area contributed by atoms with Crippen molar-refractivity contribution in [3.8, 4) is 0 Å². The van der Waals surface area contributed by atoms with Gasteiger partial charge < -0.3 is 10.1 Å². The van der Waals surface area contributed by atoms with Crippen molar-refractivity contribution < 1.29 is 14.3 Å². The number of fused-ring (bicyclic) bond motifs is 1. The van der Waals surface area contributed by atoms with Crippen LogP contribution < -0.4 is 5.32 Å². The van der Waals surface area contributed by atoms with Crippen LogP contribution in [-0.4, -0.2) is 33.1 Å². The van der Waals surface area contributed by atoms with E-state index in [2.05, 4.69) is 15.5 Å². The Morgan fingerprint density at radius 1 is 1.33 bits per heavy atom. The van der Waals surface area contributed by atoms with Gasteiger partial charge in [-0.1, -0.05) is 6.07 Å². The van der Waals surface area contributed by atoms with Gasteiger partial charge in [-0.25, -0.2) is 0 Å². The molecule has 7 heteroatoms. The number of hydrogen-bond donors (Lipinski definition) is 1. The van der Waals surface area contributed by atoms with Crippen LogP contribution >= 0.6 is 0 Å². The first-order valence-corrected chi connectivity index (χ1v) is 6.86. The summed E-state index contributed by atoms with van der Waals surface area (Å²) >= 11 is 0. The number of aromatic nitrogens is 3. The third-order valence-electron chi connectivity index (χ3n) is 2.97. The summed E-state index contributed by atoms with van der Waals surface area (Å²) in [5, 5.41) is 10.9. The van der Waals surface area contributed by atoms with Crippen LogP contribution in [0.1, 0.15) is 38.6 Å². The topological polar surface area (TPSA) is 85.6 Å². The minimum absolute atomic E-state index is 0.0764. The average Bonchev–Trinajstić information content (AvgIpc) is 2.89. The molecule has 112 valence electrons. The van der Waals surface area contributed by atoms with Gasteiger partial charge in [0, 0.05) is 12.6 Å². The molecule has 0 bridgehead atoms. The molecule has 0 fully saturated rings. The Bertz CT molecular complexity index is 638. The third kappa shape index (κ3) is 3.77. The van der Waals surface area contributed by atoms with Gasteiger partial charge in [0.15, 0.2) is 11.5 Å². The van der Waals surface area contributed by atoms with Gasteiger partial charge in [-0.05, 0) is 26.0 Å². The zero-order chi connectivity index (χ0) is 15.2. The van der Waals surface area contributed by atoms with Crippen molar-refractivity contribution in [3.63, 3.8) is 0 Å². The number of nitrogens with one attached hydrogen (secondary N) is 1. The molecule has 1 amide bonds. The molecule has 0 aliphatic rings. The molecule has 0 saturated carbocycles. The Hall–Kier alpha value is -2.44. The van der Waals surface area contributed by atoms with Gasteiger partial charge >= 0.3 is 5.97 Å². The molecule has 0 aliphatic heterocycles. The zero-order valence-electron chi connectivity index (χ0n) is 12.1. The van der Waals surface area contributed by atoms with Gasteiger partial charge in [0.2, 0.25) is 5.91 Å². The van der Waals surface area contributed by atoms with E-state index in [4.69, 9.17) is 4.74 Å². The summed E-state index contributed by atoms with van der Waals surface area (Å²) in [6, 6.07) is 5.29. The molecular formula is C14H18N4O3. The first-order valence-electron chi connectivity index (χ1n) is 6.86. The Morgan fingerprint density at radius 3 is 2.90 bits per heavy atom. The van der Waals surface area contributed by atoms with Crippen LogP contribution in [0, 0.1) is 0 Å². The minimum atomic E-state index is -0.367. The minimum Gasteiger partial charge on any atom is -0.466 e. The van der Waals surface area contributed by atoms with E-state index in [1.807, 2.05) is 35.7 Å². The fourth-order valence-electron chi connectivity index (χ4n) is 1.98. The van der Waals surface area contributed by atoms with Crippen LogP contribution in [0.3, 0.4) is 0 Å². The Kier molecular flexibility index (Phi) is 4.86. The van der Waals surface area contributed by atoms with Gasteiger partial charge in [0.05, 0.1) is 19.1 Å². The Morgan fingerprint density at radius 2 is 2.14 bits per heavy atom. The smallest absolute Gasteiger partial charge is 0.306 e. The number of rotatable bonds is 6. The molecule has 2 rings (SSSR count). The second kappa shape index (κ2) is 6.83. The van der Waals surface area contributed by atoms with E-state index in [1.165, 1.54) is 0 Å². The lowest BCUT2D eigenvalue weighted by Crippen LogP contribution is -2.28. The van der Waals surface area contributed by atoms with Crippen LogP contribution in [0.25, 0.3) is 5.65 Å². The molecule has 0 aliphatic carbocycles. The number of nitrogens with zero attached hydrogens (tertiary/aromatic N) is 3. The summed E-state index contributed by atoms with van der Waals surface area (Å²) in [6.07, 6.45) is 2.01. The highest BCUT2D eigenvalue weighted by atomic mass is 16.5. The highest BCUT2D eigenvalue weighted by molar-refractivity contribution is 5.81. The van der Waals surface area contributed by atoms with Crippen molar-refractivity contribution in [1.29, 1.82) is 0 Å². The van der Waals surface area contributed by atoms with Gasteiger partial charge in [0.1, 0.15) is 0 Å². The first-order chi connectivity index (χ1) is 10.1. The third-order valence-corrected chi connectivity index (χ3v) is 2.97. The number of amides is 1. The number of pyridine rings is 1. The largest absolute Gasteiger partial charge is 0.466 e. The molecular weight excluding hydrogens is 272 g/mol. The lowest BCUT2D eigenvalue weighted by Gasteiger charge is -2.12. The van der Waals surface area contributed by atoms with E-state index in [9.17, 15) is 9.59 Å². The molecule has 0 spiro atoms. The van der Waals surface area contributed by atoms with E-state index in [0.717, 1.165) is 5.65 Å². The Balaban J connectivity index is 1.93. The van der Waals surface area contributed by atoms with E-state index in [-0.39, 0.29) is 30.8 Å². The highest BCUT2D eigenvalue weighted by Crippen LogP contribution is 2.11. The van der Waals surface area contributed by atoms with Crippen molar-refractivity contribution in [2.75, 3.05) is 6.61 Å². The van der Waals surface area contributed by atoms with Crippen LogP contribution in [0.2, 0.25) is 0 Å². The average molecular weight is 290 g/mol. The SMILES string of the molecule is CCOC(=O)CCC(=O)NC(C)c1nnc2ccccn12. The van der Waals surface area contributed by atoms with Gasteiger partial charge in [-0.2, -0.15) is 0 Å². The molecule has 21 heavy (non-hydrogen) atoms. The molecule has 2 aromatic heterocycles. The summed E-state index contributed by atoms with van der Waals surface area (Å²) in [4.78, 5) is 23.0. The molecule has 1 atom stereocenters. The second-order valence-corrected chi connectivity index (χ2v) is 4.58. The van der Waals surface area contributed by atoms with Crippen LogP contribution in [0.4, 0.5) is 0 Å². The van der Waals surface area contributed by atoms with E-state index >= 15 is 0 Å². The quantitative estimate of drug-likeness (QED) is 0.809. The summed E-state index contributed by atoms with van der Waals surface area (Å²) in [7, 11) is 0. The van der Waals surface area contributed by atoms with E-state index in [1.54, 1.807) is 6.92 Å². The Labute approximate surface area is 122 Å². The maximum Gasteiger partial charge on any atom is 0.306 e. The van der Waals surface area contributed by atoms with Crippen molar-refractivity contribution >= 4 is 17.5 Å². The van der Waals surface area contributed by atoms with Crippen molar-refractivity contribution in [1.82, 2.24) is 19.9 Å². The van der Waals surface area contributed by atoms with Crippen LogP contribution in [0.15, 0.2) is 24.4 Å². The molecule has 2 heterocycles. The fraction of sp³-hybridized carbons (Fsp3) is 0.429. The number of hydrogen-bond acceptors (Lipinski definition) is 5. The summed E-state index contributed by atoms with van der Waals surface area (Å²) < 4.78 is 6.60. The summed E-state index contributed by atoms with van der Waals surface area (Å²) in [5.74, 6) is 0.0616. The number of carbonyl (C=O) groups excluding carboxylic acids is 2. The number of carbonyl (C=O) groups is 2. The lowest BCUT2D eigenvalue weighted by atomic mass is 10.2. The predicted octanol–water partition coefficient (Wildman–Crippen LogP) is 1.25. The zero-order valence-corrected chi connectivity index (χ0v) is 12.1. The summed E-state index contributed by atoms with van der Waals surface area (Å²) in [6.45, 7) is 3.88. The van der Waals surface area contributed by atoms with Crippen molar-refractivity contribution in [2.45, 2.75) is 32.7 Å². The molecule has 1 N–H and O–H groups in total. The number of ether oxygens (including phenoxy) is 1. The first kappa shape index (κ1) is 15.0. The van der Waals surface area contributed by atoms with Gasteiger partial charge in [-0.15, -0.1) is 10.2 Å². The lowest BCUT2D eigenvalue weighted by molar-refractivity contribution is -0.144. The van der Waals surface area contributed by atoms with Crippen molar-refractivity contribution in [3.05, 3.63) is 30.2 Å². The van der Waals surface area contributed by atoms with Crippen LogP contribution in [-0.2, 0) is 14.3 Å². The maximum atomic E-state index is 11.8. The monoisotopic (exact) mass is 290 g/mol. The maximum absolute atomic E-state index is 11.8. The molecule has 1 unspecified atom stereocenters. The highest BCUT2D eigenvalue weighted by Gasteiger charge is 2.16. The molecule has 2 aromatic rings. The summed E-state index contributed by atoms with van der Waals surface area (Å²) in [5.41, 5.74) is 0.722. The second-order valence-electron chi connectivity index (χ2n) is 4.58. The molecule has 7 nitrogen and oxygen atoms in total. The number of esters is 1.